The van der Waals surface area contributed by atoms with Crippen LogP contribution in [0.1, 0.15) is 19.3 Å². The standard InChI is InChI=1S/C9H17N3O/c13-8-4-7(5-8)6-12-9-10-2-1-3-11-9/h7-8,13H,1-6H2,(H2,10,11,12). The number of aliphatic hydroxyl groups is 1. The first-order chi connectivity index (χ1) is 6.34. The molecule has 0 aromatic heterocycles. The summed E-state index contributed by atoms with van der Waals surface area (Å²) in [6.07, 6.45) is 2.97. The molecule has 2 rings (SSSR count). The highest BCUT2D eigenvalue weighted by atomic mass is 16.3. The molecular formula is C9H17N3O. The molecule has 0 aromatic carbocycles. The van der Waals surface area contributed by atoms with Crippen molar-refractivity contribution in [2.45, 2.75) is 25.4 Å². The van der Waals surface area contributed by atoms with E-state index in [0.29, 0.717) is 5.92 Å². The van der Waals surface area contributed by atoms with Crippen LogP contribution >= 0.6 is 0 Å². The molecule has 4 nitrogen and oxygen atoms in total. The van der Waals surface area contributed by atoms with Crippen LogP contribution in [0.5, 0.6) is 0 Å². The molecule has 3 N–H and O–H groups in total. The van der Waals surface area contributed by atoms with Crippen molar-refractivity contribution in [3.63, 3.8) is 0 Å². The van der Waals surface area contributed by atoms with E-state index in [1.807, 2.05) is 0 Å². The number of aliphatic hydroxyl groups excluding tert-OH is 1. The molecule has 74 valence electrons. The van der Waals surface area contributed by atoms with E-state index in [0.717, 1.165) is 44.9 Å². The number of aliphatic imine (C=N–C) groups is 1. The van der Waals surface area contributed by atoms with Gasteiger partial charge in [0.15, 0.2) is 5.96 Å². The van der Waals surface area contributed by atoms with Crippen LogP contribution in [0.15, 0.2) is 4.99 Å². The fraction of sp³-hybridized carbons (Fsp3) is 0.889. The Labute approximate surface area is 78.4 Å². The average Bonchev–Trinajstić information content (AvgIpc) is 2.12. The molecule has 0 amide bonds. The van der Waals surface area contributed by atoms with Gasteiger partial charge in [-0.1, -0.05) is 0 Å². The van der Waals surface area contributed by atoms with Gasteiger partial charge in [-0.05, 0) is 25.2 Å². The van der Waals surface area contributed by atoms with E-state index in [-0.39, 0.29) is 6.10 Å². The van der Waals surface area contributed by atoms with E-state index in [2.05, 4.69) is 15.6 Å². The number of hydrogen-bond acceptors (Lipinski definition) is 4. The van der Waals surface area contributed by atoms with Gasteiger partial charge in [0, 0.05) is 19.6 Å². The van der Waals surface area contributed by atoms with Gasteiger partial charge in [-0.3, -0.25) is 4.99 Å². The van der Waals surface area contributed by atoms with Gasteiger partial charge in [0.05, 0.1) is 6.10 Å². The maximum absolute atomic E-state index is 9.08. The Hall–Kier alpha value is -0.770. The minimum atomic E-state index is -0.0481. The Balaban J connectivity index is 1.64. The molecular weight excluding hydrogens is 166 g/mol. The number of hydrogen-bond donors (Lipinski definition) is 3. The molecule has 0 spiro atoms. The lowest BCUT2D eigenvalue weighted by atomic mass is 9.82. The summed E-state index contributed by atoms with van der Waals surface area (Å²) in [5.74, 6) is 1.58. The molecule has 1 saturated carbocycles. The van der Waals surface area contributed by atoms with Crippen LogP contribution in [0.25, 0.3) is 0 Å². The summed E-state index contributed by atoms with van der Waals surface area (Å²) in [6.45, 7) is 2.91. The van der Waals surface area contributed by atoms with Crippen molar-refractivity contribution in [1.82, 2.24) is 10.6 Å². The number of nitrogens with zero attached hydrogens (tertiary/aromatic N) is 1. The molecule has 1 heterocycles. The third-order valence-corrected chi connectivity index (χ3v) is 2.67. The lowest BCUT2D eigenvalue weighted by molar-refractivity contribution is 0.0449. The van der Waals surface area contributed by atoms with Crippen LogP contribution in [-0.4, -0.2) is 36.8 Å². The smallest absolute Gasteiger partial charge is 0.191 e. The highest BCUT2D eigenvalue weighted by Crippen LogP contribution is 2.25. The maximum atomic E-state index is 9.08. The molecule has 1 aliphatic carbocycles. The second kappa shape index (κ2) is 3.96. The quantitative estimate of drug-likeness (QED) is 0.551. The fourth-order valence-electron chi connectivity index (χ4n) is 1.76. The molecule has 0 bridgehead atoms. The van der Waals surface area contributed by atoms with E-state index in [9.17, 15) is 0 Å². The van der Waals surface area contributed by atoms with E-state index in [1.54, 1.807) is 0 Å². The Bertz CT molecular complexity index is 199. The molecule has 0 radical (unpaired) electrons. The molecule has 0 atom stereocenters. The number of nitrogens with one attached hydrogen (secondary N) is 2. The lowest BCUT2D eigenvalue weighted by Gasteiger charge is -2.32. The van der Waals surface area contributed by atoms with Crippen molar-refractivity contribution in [3.8, 4) is 0 Å². The van der Waals surface area contributed by atoms with Gasteiger partial charge < -0.3 is 15.7 Å². The van der Waals surface area contributed by atoms with Gasteiger partial charge in [0.2, 0.25) is 0 Å². The monoisotopic (exact) mass is 183 g/mol. The SMILES string of the molecule is OC1CC(CNC2=NCCCN2)C1. The van der Waals surface area contributed by atoms with Gasteiger partial charge in [-0.25, -0.2) is 0 Å². The fourth-order valence-corrected chi connectivity index (χ4v) is 1.76. The summed E-state index contributed by atoms with van der Waals surface area (Å²) in [5.41, 5.74) is 0. The first kappa shape index (κ1) is 8.81. The van der Waals surface area contributed by atoms with E-state index in [1.165, 1.54) is 0 Å². The number of rotatable bonds is 2. The third kappa shape index (κ3) is 2.34. The molecule has 13 heavy (non-hydrogen) atoms. The van der Waals surface area contributed by atoms with Crippen molar-refractivity contribution in [1.29, 1.82) is 0 Å². The Morgan fingerprint density at radius 2 is 2.38 bits per heavy atom. The summed E-state index contributed by atoms with van der Waals surface area (Å²) in [4.78, 5) is 4.31. The second-order valence-corrected chi connectivity index (χ2v) is 3.88. The molecule has 2 aliphatic rings. The van der Waals surface area contributed by atoms with Crippen LogP contribution in [0.3, 0.4) is 0 Å². The van der Waals surface area contributed by atoms with E-state index >= 15 is 0 Å². The summed E-state index contributed by atoms with van der Waals surface area (Å²) in [6, 6.07) is 0. The Morgan fingerprint density at radius 1 is 1.54 bits per heavy atom. The van der Waals surface area contributed by atoms with Gasteiger partial charge >= 0.3 is 0 Å². The van der Waals surface area contributed by atoms with Crippen molar-refractivity contribution in [2.75, 3.05) is 19.6 Å². The van der Waals surface area contributed by atoms with Crippen LogP contribution < -0.4 is 10.6 Å². The number of guanidine groups is 1. The van der Waals surface area contributed by atoms with Crippen LogP contribution in [-0.2, 0) is 0 Å². The summed E-state index contributed by atoms with van der Waals surface area (Å²) in [5, 5.41) is 15.6. The third-order valence-electron chi connectivity index (χ3n) is 2.67. The Morgan fingerprint density at radius 3 is 3.00 bits per heavy atom. The van der Waals surface area contributed by atoms with Crippen LogP contribution in [0, 0.1) is 5.92 Å². The molecule has 4 heteroatoms. The molecule has 0 aromatic rings. The predicted molar refractivity (Wildman–Crippen MR) is 51.7 cm³/mol. The van der Waals surface area contributed by atoms with Gasteiger partial charge in [-0.15, -0.1) is 0 Å². The first-order valence-electron chi connectivity index (χ1n) is 5.05. The predicted octanol–water partition coefficient (Wildman–Crippen LogP) is -0.304. The molecule has 1 fully saturated rings. The van der Waals surface area contributed by atoms with Gasteiger partial charge in [0.25, 0.3) is 0 Å². The summed E-state index contributed by atoms with van der Waals surface area (Å²) >= 11 is 0. The highest BCUT2D eigenvalue weighted by molar-refractivity contribution is 5.80. The normalized spacial score (nSPS) is 32.8. The second-order valence-electron chi connectivity index (χ2n) is 3.88. The zero-order chi connectivity index (χ0) is 9.10. The molecule has 1 aliphatic heterocycles. The van der Waals surface area contributed by atoms with Crippen molar-refractivity contribution in [3.05, 3.63) is 0 Å². The van der Waals surface area contributed by atoms with E-state index < -0.39 is 0 Å². The Kier molecular flexibility index (Phi) is 2.68. The van der Waals surface area contributed by atoms with Crippen molar-refractivity contribution in [2.24, 2.45) is 10.9 Å². The highest BCUT2D eigenvalue weighted by Gasteiger charge is 2.26. The summed E-state index contributed by atoms with van der Waals surface area (Å²) < 4.78 is 0. The molecule has 0 unspecified atom stereocenters. The van der Waals surface area contributed by atoms with Crippen molar-refractivity contribution < 1.29 is 5.11 Å². The van der Waals surface area contributed by atoms with E-state index in [4.69, 9.17) is 5.11 Å². The topological polar surface area (TPSA) is 56.6 Å². The zero-order valence-electron chi connectivity index (χ0n) is 7.79. The maximum Gasteiger partial charge on any atom is 0.191 e. The van der Waals surface area contributed by atoms with Gasteiger partial charge in [-0.2, -0.15) is 0 Å². The van der Waals surface area contributed by atoms with Crippen LogP contribution in [0.4, 0.5) is 0 Å². The summed E-state index contributed by atoms with van der Waals surface area (Å²) in [7, 11) is 0. The first-order valence-corrected chi connectivity index (χ1v) is 5.05. The van der Waals surface area contributed by atoms with Gasteiger partial charge in [0.1, 0.15) is 0 Å². The molecule has 0 saturated heterocycles. The van der Waals surface area contributed by atoms with Crippen molar-refractivity contribution >= 4 is 5.96 Å². The minimum absolute atomic E-state index is 0.0481. The van der Waals surface area contributed by atoms with Crippen LogP contribution in [0.2, 0.25) is 0 Å². The average molecular weight is 183 g/mol. The lowest BCUT2D eigenvalue weighted by Crippen LogP contribution is -2.45. The minimum Gasteiger partial charge on any atom is -0.393 e. The largest absolute Gasteiger partial charge is 0.393 e. The zero-order valence-corrected chi connectivity index (χ0v) is 7.79.